The molecule has 0 aliphatic carbocycles. The van der Waals surface area contributed by atoms with Gasteiger partial charge >= 0.3 is 0 Å². The van der Waals surface area contributed by atoms with E-state index < -0.39 is 0 Å². The number of aromatic nitrogens is 2. The minimum absolute atomic E-state index is 1.14. The Morgan fingerprint density at radius 1 is 0.241 bits per heavy atom. The van der Waals surface area contributed by atoms with Crippen LogP contribution in [0.2, 0.25) is 0 Å². The van der Waals surface area contributed by atoms with E-state index in [0.717, 1.165) is 11.4 Å². The first kappa shape index (κ1) is 32.6. The highest BCUT2D eigenvalue weighted by atomic mass is 15.0. The summed E-state index contributed by atoms with van der Waals surface area (Å²) in [5.41, 5.74) is 13.1. The predicted octanol–water partition coefficient (Wildman–Crippen LogP) is 15.2. The van der Waals surface area contributed by atoms with Gasteiger partial charge in [0.2, 0.25) is 0 Å². The minimum Gasteiger partial charge on any atom is -0.316 e. The molecule has 0 aliphatic rings. The summed E-state index contributed by atoms with van der Waals surface area (Å²) in [6.45, 7) is 0. The van der Waals surface area contributed by atoms with Gasteiger partial charge in [-0.1, -0.05) is 158 Å². The lowest BCUT2D eigenvalue weighted by atomic mass is 9.92. The van der Waals surface area contributed by atoms with E-state index in [1.54, 1.807) is 0 Å². The van der Waals surface area contributed by atoms with E-state index in [0.29, 0.717) is 0 Å². The SMILES string of the molecule is c1ccc(-c2cc(-c3ccccc3)cc(-n3ccc4c3ccc3c5ccccc5n(-c5ccc(-c6ccc7c8ccccc8c8ccccc8c7c6)cc5)c34)c2)cc1. The molecule has 0 saturated carbocycles. The molecule has 58 heavy (non-hydrogen) atoms. The van der Waals surface area contributed by atoms with Crippen molar-refractivity contribution in [3.8, 4) is 44.8 Å². The fraction of sp³-hybridized carbons (Fsp3) is 0. The van der Waals surface area contributed by atoms with Crippen LogP contribution in [0, 0.1) is 0 Å². The van der Waals surface area contributed by atoms with Crippen LogP contribution in [0.3, 0.4) is 0 Å². The first-order chi connectivity index (χ1) is 28.8. The van der Waals surface area contributed by atoms with Gasteiger partial charge in [0, 0.05) is 33.7 Å². The summed E-state index contributed by atoms with van der Waals surface area (Å²) in [7, 11) is 0. The molecule has 0 N–H and O–H groups in total. The summed E-state index contributed by atoms with van der Waals surface area (Å²) in [5, 5.41) is 11.5. The van der Waals surface area contributed by atoms with Crippen molar-refractivity contribution in [1.82, 2.24) is 9.13 Å². The largest absolute Gasteiger partial charge is 0.316 e. The van der Waals surface area contributed by atoms with E-state index in [2.05, 4.69) is 228 Å². The van der Waals surface area contributed by atoms with Crippen LogP contribution < -0.4 is 0 Å². The fourth-order valence-corrected chi connectivity index (χ4v) is 9.40. The lowest BCUT2D eigenvalue weighted by molar-refractivity contribution is 1.13. The van der Waals surface area contributed by atoms with Gasteiger partial charge in [-0.25, -0.2) is 0 Å². The molecule has 0 atom stereocenters. The highest BCUT2D eigenvalue weighted by molar-refractivity contribution is 6.26. The summed E-state index contributed by atoms with van der Waals surface area (Å²) in [4.78, 5) is 0. The van der Waals surface area contributed by atoms with Crippen molar-refractivity contribution in [2.75, 3.05) is 0 Å². The van der Waals surface area contributed by atoms with E-state index in [1.807, 2.05) is 0 Å². The van der Waals surface area contributed by atoms with Crippen LogP contribution in [0.1, 0.15) is 0 Å². The molecule has 0 bridgehead atoms. The molecule has 12 aromatic rings. The Balaban J connectivity index is 1.01. The number of hydrogen-bond acceptors (Lipinski definition) is 0. The van der Waals surface area contributed by atoms with Gasteiger partial charge in [0.05, 0.1) is 16.6 Å². The smallest absolute Gasteiger partial charge is 0.0635 e. The maximum atomic E-state index is 2.46. The number of fused-ring (bicyclic) bond motifs is 11. The molecule has 0 unspecified atom stereocenters. The van der Waals surface area contributed by atoms with Gasteiger partial charge in [0.1, 0.15) is 0 Å². The van der Waals surface area contributed by atoms with Gasteiger partial charge in [-0.2, -0.15) is 0 Å². The predicted molar refractivity (Wildman–Crippen MR) is 246 cm³/mol. The van der Waals surface area contributed by atoms with Gasteiger partial charge in [0.15, 0.2) is 0 Å². The standard InChI is InChI=1S/C56H36N2/c1-3-13-37(14-4-1)41-33-42(38-15-5-2-6-16-38)35-44(34-41)57-32-31-52-54(57)30-29-51-50-21-11-12-22-55(50)58(56(51)52)43-26-23-39(24-27-43)40-25-28-49-47-19-8-7-17-45(47)46-18-9-10-20-48(46)53(49)36-40/h1-36H. The average molecular weight is 737 g/mol. The molecule has 2 nitrogen and oxygen atoms in total. The highest BCUT2D eigenvalue weighted by Gasteiger charge is 2.18. The zero-order chi connectivity index (χ0) is 38.2. The number of rotatable bonds is 5. The molecule has 2 aromatic heterocycles. The van der Waals surface area contributed by atoms with E-state index in [-0.39, 0.29) is 0 Å². The Labute approximate surface area is 336 Å². The summed E-state index contributed by atoms with van der Waals surface area (Å²) in [6.07, 6.45) is 2.24. The Hall–Kier alpha value is -7.68. The number of para-hydroxylation sites is 1. The van der Waals surface area contributed by atoms with Crippen molar-refractivity contribution in [3.63, 3.8) is 0 Å². The van der Waals surface area contributed by atoms with Crippen LogP contribution in [-0.4, -0.2) is 9.13 Å². The summed E-state index contributed by atoms with van der Waals surface area (Å²) in [6, 6.07) is 77.7. The first-order valence-electron chi connectivity index (χ1n) is 20.0. The van der Waals surface area contributed by atoms with Crippen molar-refractivity contribution in [2.24, 2.45) is 0 Å². The van der Waals surface area contributed by atoms with E-state index in [9.17, 15) is 0 Å². The molecule has 270 valence electrons. The highest BCUT2D eigenvalue weighted by Crippen LogP contribution is 2.40. The monoisotopic (exact) mass is 736 g/mol. The second kappa shape index (κ2) is 12.9. The topological polar surface area (TPSA) is 9.86 Å². The van der Waals surface area contributed by atoms with Gasteiger partial charge in [-0.15, -0.1) is 0 Å². The number of nitrogens with zero attached hydrogens (tertiary/aromatic N) is 2. The third-order valence-corrected chi connectivity index (χ3v) is 12.1. The number of benzene rings is 10. The van der Waals surface area contributed by atoms with Crippen molar-refractivity contribution in [3.05, 3.63) is 219 Å². The summed E-state index contributed by atoms with van der Waals surface area (Å²) in [5.74, 6) is 0. The molecule has 0 radical (unpaired) electrons. The Morgan fingerprint density at radius 2 is 0.741 bits per heavy atom. The van der Waals surface area contributed by atoms with Gasteiger partial charge in [-0.05, 0) is 120 Å². The van der Waals surface area contributed by atoms with Crippen LogP contribution in [0.25, 0.3) is 110 Å². The van der Waals surface area contributed by atoms with E-state index in [1.165, 1.54) is 98.4 Å². The Kier molecular flexibility index (Phi) is 7.26. The molecular formula is C56H36N2. The van der Waals surface area contributed by atoms with Crippen LogP contribution in [-0.2, 0) is 0 Å². The van der Waals surface area contributed by atoms with Crippen molar-refractivity contribution >= 4 is 65.0 Å². The van der Waals surface area contributed by atoms with Gasteiger partial charge < -0.3 is 9.13 Å². The molecule has 2 heterocycles. The molecule has 12 rings (SSSR count). The first-order valence-corrected chi connectivity index (χ1v) is 20.0. The normalized spacial score (nSPS) is 11.8. The summed E-state index contributed by atoms with van der Waals surface area (Å²) >= 11 is 0. The maximum absolute atomic E-state index is 2.46. The Morgan fingerprint density at radius 3 is 1.38 bits per heavy atom. The second-order valence-electron chi connectivity index (χ2n) is 15.3. The quantitative estimate of drug-likeness (QED) is 0.156. The minimum atomic E-state index is 1.14. The maximum Gasteiger partial charge on any atom is 0.0635 e. The lowest BCUT2D eigenvalue weighted by Crippen LogP contribution is -1.96. The third kappa shape index (κ3) is 5.05. The molecule has 2 heteroatoms. The zero-order valence-electron chi connectivity index (χ0n) is 31.7. The van der Waals surface area contributed by atoms with Gasteiger partial charge in [-0.3, -0.25) is 0 Å². The molecule has 0 saturated heterocycles. The fourth-order valence-electron chi connectivity index (χ4n) is 9.40. The average Bonchev–Trinajstić information content (AvgIpc) is 3.89. The van der Waals surface area contributed by atoms with Crippen molar-refractivity contribution in [2.45, 2.75) is 0 Å². The lowest BCUT2D eigenvalue weighted by Gasteiger charge is -2.14. The molecule has 10 aromatic carbocycles. The van der Waals surface area contributed by atoms with E-state index in [4.69, 9.17) is 0 Å². The van der Waals surface area contributed by atoms with Crippen LogP contribution in [0.4, 0.5) is 0 Å². The van der Waals surface area contributed by atoms with Crippen molar-refractivity contribution < 1.29 is 0 Å². The molecule has 0 spiro atoms. The molecule has 0 amide bonds. The zero-order valence-corrected chi connectivity index (χ0v) is 31.7. The van der Waals surface area contributed by atoms with Crippen LogP contribution in [0.5, 0.6) is 0 Å². The second-order valence-corrected chi connectivity index (χ2v) is 15.3. The van der Waals surface area contributed by atoms with E-state index >= 15 is 0 Å². The van der Waals surface area contributed by atoms with Crippen LogP contribution >= 0.6 is 0 Å². The number of hydrogen-bond donors (Lipinski definition) is 0. The van der Waals surface area contributed by atoms with Crippen LogP contribution in [0.15, 0.2) is 219 Å². The van der Waals surface area contributed by atoms with Crippen molar-refractivity contribution in [1.29, 1.82) is 0 Å². The van der Waals surface area contributed by atoms with Gasteiger partial charge in [0.25, 0.3) is 0 Å². The molecule has 0 aliphatic heterocycles. The third-order valence-electron chi connectivity index (χ3n) is 12.1. The Bertz CT molecular complexity index is 3440. The summed E-state index contributed by atoms with van der Waals surface area (Å²) < 4.78 is 4.81. The molecule has 0 fully saturated rings. The molecular weight excluding hydrogens is 701 g/mol.